The van der Waals surface area contributed by atoms with Gasteiger partial charge in [0.2, 0.25) is 0 Å². The number of hydrogen-bond acceptors (Lipinski definition) is 4. The lowest BCUT2D eigenvalue weighted by Crippen LogP contribution is -2.52. The maximum Gasteiger partial charge on any atom is 0.142 e. The molecular formula is C21H25N5. The van der Waals surface area contributed by atoms with Gasteiger partial charge in [-0.05, 0) is 36.4 Å². The Hall–Kier alpha value is -2.40. The summed E-state index contributed by atoms with van der Waals surface area (Å²) in [6.07, 6.45) is 6.14. The van der Waals surface area contributed by atoms with Gasteiger partial charge < -0.3 is 9.88 Å². The smallest absolute Gasteiger partial charge is 0.142 e. The van der Waals surface area contributed by atoms with Crippen molar-refractivity contribution in [3.05, 3.63) is 54.5 Å². The van der Waals surface area contributed by atoms with Gasteiger partial charge in [0.05, 0.1) is 5.39 Å². The highest BCUT2D eigenvalue weighted by Gasteiger charge is 2.47. The molecule has 1 N–H and O–H groups in total. The lowest BCUT2D eigenvalue weighted by Gasteiger charge is -2.44. The van der Waals surface area contributed by atoms with Crippen molar-refractivity contribution < 1.29 is 0 Å². The second kappa shape index (κ2) is 6.09. The van der Waals surface area contributed by atoms with E-state index in [4.69, 9.17) is 0 Å². The van der Waals surface area contributed by atoms with Crippen LogP contribution in [-0.4, -0.2) is 45.5 Å². The van der Waals surface area contributed by atoms with E-state index in [1.54, 1.807) is 6.33 Å². The molecular weight excluding hydrogens is 322 g/mol. The predicted molar refractivity (Wildman–Crippen MR) is 104 cm³/mol. The third kappa shape index (κ3) is 2.58. The molecule has 0 aliphatic carbocycles. The van der Waals surface area contributed by atoms with Crippen LogP contribution < -0.4 is 4.90 Å². The molecule has 2 fully saturated rings. The zero-order chi connectivity index (χ0) is 17.6. The summed E-state index contributed by atoms with van der Waals surface area (Å²) < 4.78 is 0. The molecule has 5 heteroatoms. The van der Waals surface area contributed by atoms with Crippen LogP contribution in [0.3, 0.4) is 0 Å². The number of likely N-dealkylation sites (tertiary alicyclic amines) is 1. The van der Waals surface area contributed by atoms with Crippen molar-refractivity contribution in [1.82, 2.24) is 19.9 Å². The first kappa shape index (κ1) is 15.8. The molecule has 0 unspecified atom stereocenters. The average molecular weight is 347 g/mol. The van der Waals surface area contributed by atoms with Crippen LogP contribution in [-0.2, 0) is 6.54 Å². The van der Waals surface area contributed by atoms with Gasteiger partial charge in [0.1, 0.15) is 17.8 Å². The van der Waals surface area contributed by atoms with Gasteiger partial charge in [-0.1, -0.05) is 37.3 Å². The molecule has 26 heavy (non-hydrogen) atoms. The number of aromatic amines is 1. The van der Waals surface area contributed by atoms with Crippen LogP contribution in [0.5, 0.6) is 0 Å². The Kier molecular flexibility index (Phi) is 3.71. The third-order valence-electron chi connectivity index (χ3n) is 6.39. The van der Waals surface area contributed by atoms with E-state index < -0.39 is 0 Å². The number of anilines is 1. The maximum absolute atomic E-state index is 4.67. The van der Waals surface area contributed by atoms with Gasteiger partial charge in [-0.15, -0.1) is 0 Å². The summed E-state index contributed by atoms with van der Waals surface area (Å²) in [6.45, 7) is 6.86. The molecule has 1 aromatic carbocycles. The van der Waals surface area contributed by atoms with Gasteiger partial charge in [-0.3, -0.25) is 4.90 Å². The monoisotopic (exact) mass is 347 g/mol. The summed E-state index contributed by atoms with van der Waals surface area (Å²) >= 11 is 0. The minimum atomic E-state index is 0.376. The Morgan fingerprint density at radius 2 is 1.96 bits per heavy atom. The first-order chi connectivity index (χ1) is 12.7. The van der Waals surface area contributed by atoms with Crippen molar-refractivity contribution in [1.29, 1.82) is 0 Å². The Bertz CT molecular complexity index is 905. The molecule has 2 aliphatic rings. The fourth-order valence-corrected chi connectivity index (χ4v) is 4.76. The van der Waals surface area contributed by atoms with Crippen LogP contribution in [0.15, 0.2) is 48.9 Å². The first-order valence-corrected chi connectivity index (χ1v) is 9.54. The third-order valence-corrected chi connectivity index (χ3v) is 6.39. The van der Waals surface area contributed by atoms with E-state index in [0.29, 0.717) is 11.5 Å². The Morgan fingerprint density at radius 1 is 1.12 bits per heavy atom. The molecule has 0 spiro atoms. The quantitative estimate of drug-likeness (QED) is 0.788. The number of nitrogens with zero attached hydrogens (tertiary/aromatic N) is 4. The second-order valence-electron chi connectivity index (χ2n) is 8.02. The van der Waals surface area contributed by atoms with Crippen LogP contribution in [0.4, 0.5) is 5.82 Å². The fraction of sp³-hybridized carbons (Fsp3) is 0.429. The standard InChI is InChI=1S/C21H25N5/c1-21-8-11-25(13-16-5-3-2-4-6-16)14-18(21)26(12-9-21)20-17-7-10-22-19(17)23-15-24-20/h2-7,10,15,18H,8-9,11-14H2,1H3,(H,22,23,24)/t18-,21-/m1/s1. The van der Waals surface area contributed by atoms with E-state index in [1.807, 2.05) is 6.20 Å². The molecule has 5 nitrogen and oxygen atoms in total. The molecule has 5 rings (SSSR count). The molecule has 2 atom stereocenters. The van der Waals surface area contributed by atoms with E-state index in [-0.39, 0.29) is 0 Å². The molecule has 134 valence electrons. The highest BCUT2D eigenvalue weighted by Crippen LogP contribution is 2.45. The zero-order valence-corrected chi connectivity index (χ0v) is 15.2. The van der Waals surface area contributed by atoms with Crippen LogP contribution in [0.2, 0.25) is 0 Å². The minimum absolute atomic E-state index is 0.376. The van der Waals surface area contributed by atoms with Crippen molar-refractivity contribution >= 4 is 16.9 Å². The molecule has 0 amide bonds. The number of rotatable bonds is 3. The van der Waals surface area contributed by atoms with Crippen molar-refractivity contribution in [2.75, 3.05) is 24.5 Å². The Labute approximate surface area is 154 Å². The summed E-state index contributed by atoms with van der Waals surface area (Å²) in [5.74, 6) is 1.09. The Balaban J connectivity index is 1.43. The summed E-state index contributed by atoms with van der Waals surface area (Å²) in [5, 5.41) is 1.14. The molecule has 0 radical (unpaired) electrons. The molecule has 2 aromatic heterocycles. The van der Waals surface area contributed by atoms with Gasteiger partial charge in [-0.25, -0.2) is 9.97 Å². The summed E-state index contributed by atoms with van der Waals surface area (Å²) in [7, 11) is 0. The molecule has 3 aromatic rings. The summed E-state index contributed by atoms with van der Waals surface area (Å²) in [6, 6.07) is 13.4. The second-order valence-corrected chi connectivity index (χ2v) is 8.02. The molecule has 0 bridgehead atoms. The van der Waals surface area contributed by atoms with Gasteiger partial charge >= 0.3 is 0 Å². The zero-order valence-electron chi connectivity index (χ0n) is 15.2. The van der Waals surface area contributed by atoms with Crippen LogP contribution in [0.25, 0.3) is 11.0 Å². The number of H-pyrrole nitrogens is 1. The topological polar surface area (TPSA) is 48.1 Å². The number of fused-ring (bicyclic) bond motifs is 2. The number of piperidine rings is 1. The first-order valence-electron chi connectivity index (χ1n) is 9.54. The van der Waals surface area contributed by atoms with Gasteiger partial charge in [0, 0.05) is 31.9 Å². The van der Waals surface area contributed by atoms with Crippen LogP contribution in [0, 0.1) is 5.41 Å². The number of benzene rings is 1. The maximum atomic E-state index is 4.67. The largest absolute Gasteiger partial charge is 0.351 e. The fourth-order valence-electron chi connectivity index (χ4n) is 4.76. The van der Waals surface area contributed by atoms with Crippen molar-refractivity contribution in [2.24, 2.45) is 5.41 Å². The van der Waals surface area contributed by atoms with E-state index in [2.05, 4.69) is 68.1 Å². The molecule has 0 saturated carbocycles. The molecule has 2 saturated heterocycles. The number of hydrogen-bond donors (Lipinski definition) is 1. The molecule has 2 aliphatic heterocycles. The van der Waals surface area contributed by atoms with Gasteiger partial charge in [0.25, 0.3) is 0 Å². The predicted octanol–water partition coefficient (Wildman–Crippen LogP) is 3.45. The lowest BCUT2D eigenvalue weighted by molar-refractivity contribution is 0.106. The van der Waals surface area contributed by atoms with Crippen LogP contribution >= 0.6 is 0 Å². The Morgan fingerprint density at radius 3 is 2.85 bits per heavy atom. The minimum Gasteiger partial charge on any atom is -0.351 e. The average Bonchev–Trinajstić information content (AvgIpc) is 3.27. The van der Waals surface area contributed by atoms with E-state index in [0.717, 1.165) is 36.5 Å². The normalized spacial score (nSPS) is 26.3. The van der Waals surface area contributed by atoms with Gasteiger partial charge in [0.15, 0.2) is 0 Å². The number of aromatic nitrogens is 3. The summed E-state index contributed by atoms with van der Waals surface area (Å²) in [5.41, 5.74) is 2.71. The van der Waals surface area contributed by atoms with Crippen molar-refractivity contribution in [3.8, 4) is 0 Å². The lowest BCUT2D eigenvalue weighted by atomic mass is 9.76. The number of nitrogens with one attached hydrogen (secondary N) is 1. The summed E-state index contributed by atoms with van der Waals surface area (Å²) in [4.78, 5) is 17.4. The van der Waals surface area contributed by atoms with Crippen molar-refractivity contribution in [2.45, 2.75) is 32.4 Å². The van der Waals surface area contributed by atoms with Gasteiger partial charge in [-0.2, -0.15) is 0 Å². The van der Waals surface area contributed by atoms with E-state index in [9.17, 15) is 0 Å². The van der Waals surface area contributed by atoms with E-state index in [1.165, 1.54) is 24.9 Å². The SMILES string of the molecule is C[C@]12CCN(Cc3ccccc3)C[C@H]1N(c1ncnc3[nH]ccc13)CC2. The highest BCUT2D eigenvalue weighted by atomic mass is 15.3. The van der Waals surface area contributed by atoms with Crippen LogP contribution in [0.1, 0.15) is 25.3 Å². The van der Waals surface area contributed by atoms with E-state index >= 15 is 0 Å². The van der Waals surface area contributed by atoms with Crippen molar-refractivity contribution in [3.63, 3.8) is 0 Å². The highest BCUT2D eigenvalue weighted by molar-refractivity contribution is 5.87. The molecule has 4 heterocycles.